The lowest BCUT2D eigenvalue weighted by Crippen LogP contribution is -2.36. The van der Waals surface area contributed by atoms with Crippen molar-refractivity contribution in [1.82, 2.24) is 4.98 Å². The summed E-state index contributed by atoms with van der Waals surface area (Å²) in [5.74, 6) is -0.578. The predicted octanol–water partition coefficient (Wildman–Crippen LogP) is 3.38. The van der Waals surface area contributed by atoms with E-state index in [1.165, 1.54) is 11.3 Å². The van der Waals surface area contributed by atoms with Crippen molar-refractivity contribution in [3.63, 3.8) is 0 Å². The third-order valence-corrected chi connectivity index (χ3v) is 4.48. The number of H-pyrrole nitrogens is 1. The zero-order valence-electron chi connectivity index (χ0n) is 12.9. The maximum absolute atomic E-state index is 12.9. The molecule has 0 saturated heterocycles. The molecule has 0 aliphatic heterocycles. The summed E-state index contributed by atoms with van der Waals surface area (Å²) < 4.78 is 0. The van der Waals surface area contributed by atoms with Crippen molar-refractivity contribution in [2.75, 3.05) is 4.90 Å². The van der Waals surface area contributed by atoms with Crippen molar-refractivity contribution in [3.05, 3.63) is 52.3 Å². The van der Waals surface area contributed by atoms with Crippen molar-refractivity contribution < 1.29 is 9.59 Å². The summed E-state index contributed by atoms with van der Waals surface area (Å²) in [5.41, 5.74) is 7.16. The third kappa shape index (κ3) is 2.73. The fourth-order valence-electron chi connectivity index (χ4n) is 2.61. The summed E-state index contributed by atoms with van der Waals surface area (Å²) in [6.45, 7) is 3.92. The quantitative estimate of drug-likeness (QED) is 0.770. The Kier molecular flexibility index (Phi) is 3.92. The number of para-hydroxylation sites is 1. The molecule has 5 nitrogen and oxygen atoms in total. The molecule has 0 spiro atoms. The van der Waals surface area contributed by atoms with Crippen molar-refractivity contribution >= 4 is 39.7 Å². The number of hydrogen-bond donors (Lipinski definition) is 2. The lowest BCUT2D eigenvalue weighted by Gasteiger charge is -2.27. The van der Waals surface area contributed by atoms with Gasteiger partial charge < -0.3 is 15.6 Å². The summed E-state index contributed by atoms with van der Waals surface area (Å²) in [4.78, 5) is 29.7. The Morgan fingerprint density at radius 2 is 2.00 bits per heavy atom. The van der Waals surface area contributed by atoms with Crippen LogP contribution < -0.4 is 10.6 Å². The number of nitrogens with zero attached hydrogens (tertiary/aromatic N) is 1. The number of carbonyl (C=O) groups is 2. The van der Waals surface area contributed by atoms with Crippen LogP contribution in [0.25, 0.3) is 10.9 Å². The standard InChI is InChI=1S/C17H17N3O2S/c1-10(2)20(17(22)14-7-4-8-23-14)13-6-3-5-11-9-12(16(18)21)19-15(11)13/h3-10,19H,1-2H3,(H2,18,21). The molecule has 2 amide bonds. The highest BCUT2D eigenvalue weighted by Crippen LogP contribution is 2.30. The monoisotopic (exact) mass is 327 g/mol. The molecule has 1 aromatic carbocycles. The first kappa shape index (κ1) is 15.3. The normalized spacial score (nSPS) is 11.1. The van der Waals surface area contributed by atoms with Crippen molar-refractivity contribution in [2.24, 2.45) is 5.73 Å². The summed E-state index contributed by atoms with van der Waals surface area (Å²) in [5, 5.41) is 2.73. The lowest BCUT2D eigenvalue weighted by atomic mass is 10.1. The molecular formula is C17H17N3O2S. The minimum atomic E-state index is -0.521. The molecule has 0 aliphatic rings. The van der Waals surface area contributed by atoms with E-state index in [2.05, 4.69) is 4.98 Å². The first-order chi connectivity index (χ1) is 11.0. The van der Waals surface area contributed by atoms with Gasteiger partial charge in [-0.15, -0.1) is 11.3 Å². The van der Waals surface area contributed by atoms with Crippen LogP contribution in [0.2, 0.25) is 0 Å². The maximum Gasteiger partial charge on any atom is 0.268 e. The Hall–Kier alpha value is -2.60. The van der Waals surface area contributed by atoms with E-state index in [4.69, 9.17) is 5.73 Å². The molecule has 3 rings (SSSR count). The van der Waals surface area contributed by atoms with Gasteiger partial charge >= 0.3 is 0 Å². The molecule has 0 aliphatic carbocycles. The molecule has 0 bridgehead atoms. The number of rotatable bonds is 4. The van der Waals surface area contributed by atoms with Crippen LogP contribution in [0.4, 0.5) is 5.69 Å². The largest absolute Gasteiger partial charge is 0.364 e. The molecule has 23 heavy (non-hydrogen) atoms. The average Bonchev–Trinajstić information content (AvgIpc) is 3.16. The first-order valence-corrected chi connectivity index (χ1v) is 8.15. The van der Waals surface area contributed by atoms with E-state index in [0.717, 1.165) is 16.6 Å². The van der Waals surface area contributed by atoms with Crippen LogP contribution >= 0.6 is 11.3 Å². The van der Waals surface area contributed by atoms with Gasteiger partial charge in [0.05, 0.1) is 16.1 Å². The number of amides is 2. The van der Waals surface area contributed by atoms with Crippen LogP contribution in [0.15, 0.2) is 41.8 Å². The molecule has 0 radical (unpaired) electrons. The van der Waals surface area contributed by atoms with Gasteiger partial charge in [-0.05, 0) is 37.4 Å². The molecule has 3 aromatic rings. The van der Waals surface area contributed by atoms with E-state index >= 15 is 0 Å². The minimum Gasteiger partial charge on any atom is -0.364 e. The molecule has 0 unspecified atom stereocenters. The Balaban J connectivity index is 2.15. The number of aromatic amines is 1. The molecule has 3 N–H and O–H groups in total. The van der Waals surface area contributed by atoms with Crippen LogP contribution in [0.1, 0.15) is 34.0 Å². The van der Waals surface area contributed by atoms with E-state index in [1.54, 1.807) is 11.0 Å². The second-order valence-electron chi connectivity index (χ2n) is 5.53. The Bertz CT molecular complexity index is 865. The smallest absolute Gasteiger partial charge is 0.268 e. The number of thiophene rings is 1. The van der Waals surface area contributed by atoms with Gasteiger partial charge in [0.25, 0.3) is 11.8 Å². The van der Waals surface area contributed by atoms with E-state index < -0.39 is 5.91 Å². The lowest BCUT2D eigenvalue weighted by molar-refractivity contribution is 0.0981. The van der Waals surface area contributed by atoms with Crippen LogP contribution in [0.5, 0.6) is 0 Å². The number of anilines is 1. The number of fused-ring (bicyclic) bond motifs is 1. The van der Waals surface area contributed by atoms with E-state index in [-0.39, 0.29) is 11.9 Å². The topological polar surface area (TPSA) is 79.2 Å². The van der Waals surface area contributed by atoms with Gasteiger partial charge in [-0.2, -0.15) is 0 Å². The van der Waals surface area contributed by atoms with E-state index in [1.807, 2.05) is 49.6 Å². The Labute approximate surface area is 137 Å². The second kappa shape index (κ2) is 5.89. The second-order valence-corrected chi connectivity index (χ2v) is 6.48. The van der Waals surface area contributed by atoms with E-state index in [0.29, 0.717) is 10.6 Å². The van der Waals surface area contributed by atoms with Gasteiger partial charge in [-0.3, -0.25) is 9.59 Å². The Morgan fingerprint density at radius 3 is 2.61 bits per heavy atom. The number of nitrogens with one attached hydrogen (secondary N) is 1. The van der Waals surface area contributed by atoms with Crippen LogP contribution in [-0.2, 0) is 0 Å². The number of aromatic nitrogens is 1. The number of carbonyl (C=O) groups excluding carboxylic acids is 2. The van der Waals surface area contributed by atoms with Crippen molar-refractivity contribution in [2.45, 2.75) is 19.9 Å². The summed E-state index contributed by atoms with van der Waals surface area (Å²) in [6.07, 6.45) is 0. The number of nitrogens with two attached hydrogens (primary N) is 1. The molecule has 0 fully saturated rings. The predicted molar refractivity (Wildman–Crippen MR) is 93.1 cm³/mol. The van der Waals surface area contributed by atoms with Crippen LogP contribution in [-0.4, -0.2) is 22.8 Å². The molecule has 0 saturated carbocycles. The molecule has 6 heteroatoms. The van der Waals surface area contributed by atoms with Gasteiger partial charge in [-0.25, -0.2) is 0 Å². The van der Waals surface area contributed by atoms with Crippen LogP contribution in [0.3, 0.4) is 0 Å². The SMILES string of the molecule is CC(C)N(C(=O)c1cccs1)c1cccc2cc(C(N)=O)[nH]c12. The van der Waals surface area contributed by atoms with Crippen LogP contribution in [0, 0.1) is 0 Å². The van der Waals surface area contributed by atoms with Gasteiger partial charge in [0.2, 0.25) is 0 Å². The van der Waals surface area contributed by atoms with Crippen molar-refractivity contribution in [3.8, 4) is 0 Å². The highest BCUT2D eigenvalue weighted by molar-refractivity contribution is 7.12. The number of primary amides is 1. The fraction of sp³-hybridized carbons (Fsp3) is 0.176. The molecule has 118 valence electrons. The highest BCUT2D eigenvalue weighted by atomic mass is 32.1. The molecule has 0 atom stereocenters. The number of hydrogen-bond acceptors (Lipinski definition) is 3. The van der Waals surface area contributed by atoms with Gasteiger partial charge in [0.15, 0.2) is 0 Å². The average molecular weight is 327 g/mol. The summed E-state index contributed by atoms with van der Waals surface area (Å²) in [7, 11) is 0. The van der Waals surface area contributed by atoms with Gasteiger partial charge in [0.1, 0.15) is 5.69 Å². The zero-order valence-corrected chi connectivity index (χ0v) is 13.7. The van der Waals surface area contributed by atoms with Gasteiger partial charge in [-0.1, -0.05) is 18.2 Å². The molecular weight excluding hydrogens is 310 g/mol. The molecule has 2 heterocycles. The maximum atomic E-state index is 12.9. The highest BCUT2D eigenvalue weighted by Gasteiger charge is 2.24. The first-order valence-electron chi connectivity index (χ1n) is 7.27. The van der Waals surface area contributed by atoms with Crippen molar-refractivity contribution in [1.29, 1.82) is 0 Å². The third-order valence-electron chi connectivity index (χ3n) is 3.63. The minimum absolute atomic E-state index is 0.0319. The van der Waals surface area contributed by atoms with Gasteiger partial charge in [0, 0.05) is 11.4 Å². The summed E-state index contributed by atoms with van der Waals surface area (Å²) in [6, 6.07) is 11.0. The molecule has 2 aromatic heterocycles. The van der Waals surface area contributed by atoms with E-state index in [9.17, 15) is 9.59 Å². The number of benzene rings is 1. The Morgan fingerprint density at radius 1 is 1.22 bits per heavy atom. The zero-order chi connectivity index (χ0) is 16.6. The summed E-state index contributed by atoms with van der Waals surface area (Å²) >= 11 is 1.41. The fourth-order valence-corrected chi connectivity index (χ4v) is 3.27.